The Bertz CT molecular complexity index is 3560. The first-order valence-electron chi connectivity index (χ1n) is 20.7. The van der Waals surface area contributed by atoms with Crippen molar-refractivity contribution in [2.45, 2.75) is 0 Å². The Hall–Kier alpha value is -8.06. The summed E-state index contributed by atoms with van der Waals surface area (Å²) in [4.78, 5) is 21.1. The topological polar surface area (TPSA) is 56.5 Å². The molecule has 0 saturated carbocycles. The Labute approximate surface area is 361 Å². The van der Waals surface area contributed by atoms with Crippen LogP contribution in [-0.4, -0.2) is 24.5 Å². The van der Waals surface area contributed by atoms with Gasteiger partial charge in [0.1, 0.15) is 5.82 Å². The predicted molar refractivity (Wildman–Crippen MR) is 257 cm³/mol. The highest BCUT2D eigenvalue weighted by Gasteiger charge is 2.23. The molecule has 290 valence electrons. The van der Waals surface area contributed by atoms with Gasteiger partial charge in [-0.1, -0.05) is 176 Å². The van der Waals surface area contributed by atoms with Crippen molar-refractivity contribution in [1.29, 1.82) is 0 Å². The van der Waals surface area contributed by atoms with Crippen molar-refractivity contribution >= 4 is 53.3 Å². The minimum Gasteiger partial charge on any atom is -0.293 e. The summed E-state index contributed by atoms with van der Waals surface area (Å²) in [6, 6.07) is 72.3. The lowest BCUT2D eigenvalue weighted by atomic mass is 9.91. The summed E-state index contributed by atoms with van der Waals surface area (Å²) in [5, 5.41) is 4.92. The van der Waals surface area contributed by atoms with Crippen molar-refractivity contribution in [3.8, 4) is 73.4 Å². The number of para-hydroxylation sites is 1. The molecule has 8 aromatic carbocycles. The van der Waals surface area contributed by atoms with Gasteiger partial charge in [-0.3, -0.25) is 4.57 Å². The van der Waals surface area contributed by atoms with Crippen LogP contribution >= 0.6 is 11.3 Å². The summed E-state index contributed by atoms with van der Waals surface area (Å²) in [5.41, 5.74) is 11.4. The lowest BCUT2D eigenvalue weighted by molar-refractivity contribution is 1.04. The third-order valence-electron chi connectivity index (χ3n) is 11.7. The van der Waals surface area contributed by atoms with Crippen molar-refractivity contribution in [3.63, 3.8) is 0 Å². The highest BCUT2D eigenvalue weighted by atomic mass is 32.1. The molecule has 5 nitrogen and oxygen atoms in total. The fourth-order valence-corrected chi connectivity index (χ4v) is 10.1. The number of aromatic nitrogens is 5. The highest BCUT2D eigenvalue weighted by Crippen LogP contribution is 2.45. The van der Waals surface area contributed by atoms with E-state index in [-0.39, 0.29) is 0 Å². The van der Waals surface area contributed by atoms with Crippen LogP contribution in [0.3, 0.4) is 0 Å². The van der Waals surface area contributed by atoms with E-state index >= 15 is 0 Å². The van der Waals surface area contributed by atoms with Gasteiger partial charge in [-0.05, 0) is 58.1 Å². The van der Waals surface area contributed by atoms with Gasteiger partial charge < -0.3 is 0 Å². The standard InChI is InChI=1S/C56H35N5S/c1-5-17-36(18-6-1)42-30-29-40(33-46(42)37-19-7-2-8-20-37)41-34-47(55-59-53(38-21-9-3-10-22-38)58-54(60-55)39-23-11-4-12-24-39)56(57-35-41)61-48-27-15-13-26-45(48)51-49(61)32-31-44-43-25-14-16-28-50(43)62-52(44)51/h1-35H. The van der Waals surface area contributed by atoms with Crippen LogP contribution in [0.1, 0.15) is 0 Å². The number of hydrogen-bond acceptors (Lipinski definition) is 5. The van der Waals surface area contributed by atoms with Crippen LogP contribution in [-0.2, 0) is 0 Å². The van der Waals surface area contributed by atoms with Crippen LogP contribution in [0.25, 0.3) is 115 Å². The first-order valence-corrected chi connectivity index (χ1v) is 21.5. The molecule has 0 atom stereocenters. The van der Waals surface area contributed by atoms with Gasteiger partial charge in [0.05, 0.1) is 16.6 Å². The van der Waals surface area contributed by atoms with Gasteiger partial charge in [0.2, 0.25) is 0 Å². The molecule has 0 unspecified atom stereocenters. The van der Waals surface area contributed by atoms with E-state index in [0.717, 1.165) is 55.8 Å². The molecule has 0 aliphatic heterocycles. The molecule has 0 saturated heterocycles. The zero-order chi connectivity index (χ0) is 41.0. The van der Waals surface area contributed by atoms with E-state index in [4.69, 9.17) is 19.9 Å². The number of thiophene rings is 1. The molecule has 4 aromatic heterocycles. The molecular weight excluding hydrogens is 775 g/mol. The molecule has 0 aliphatic rings. The number of rotatable bonds is 7. The molecule has 0 spiro atoms. The molecule has 0 amide bonds. The summed E-state index contributed by atoms with van der Waals surface area (Å²) in [5.74, 6) is 2.48. The Kier molecular flexibility index (Phi) is 8.61. The first kappa shape index (κ1) is 35.8. The van der Waals surface area contributed by atoms with E-state index in [0.29, 0.717) is 17.5 Å². The average molecular weight is 810 g/mol. The molecule has 12 aromatic rings. The monoisotopic (exact) mass is 809 g/mol. The quantitative estimate of drug-likeness (QED) is 0.161. The van der Waals surface area contributed by atoms with Crippen LogP contribution < -0.4 is 0 Å². The maximum absolute atomic E-state index is 5.45. The zero-order valence-corrected chi connectivity index (χ0v) is 34.2. The minimum absolute atomic E-state index is 0.542. The van der Waals surface area contributed by atoms with Gasteiger partial charge in [0, 0.05) is 53.8 Å². The lowest BCUT2D eigenvalue weighted by Gasteiger charge is -2.16. The van der Waals surface area contributed by atoms with Crippen molar-refractivity contribution in [3.05, 3.63) is 212 Å². The van der Waals surface area contributed by atoms with Gasteiger partial charge in [-0.2, -0.15) is 0 Å². The molecule has 0 fully saturated rings. The van der Waals surface area contributed by atoms with Crippen molar-refractivity contribution in [1.82, 2.24) is 24.5 Å². The molecule has 0 radical (unpaired) electrons. The average Bonchev–Trinajstić information content (AvgIpc) is 3.90. The third kappa shape index (κ3) is 6.08. The van der Waals surface area contributed by atoms with Crippen LogP contribution in [0.2, 0.25) is 0 Å². The smallest absolute Gasteiger partial charge is 0.167 e. The van der Waals surface area contributed by atoms with E-state index in [2.05, 4.69) is 150 Å². The molecule has 0 N–H and O–H groups in total. The Morgan fingerprint density at radius 1 is 0.355 bits per heavy atom. The number of hydrogen-bond donors (Lipinski definition) is 0. The summed E-state index contributed by atoms with van der Waals surface area (Å²) >= 11 is 1.85. The van der Waals surface area contributed by atoms with Gasteiger partial charge in [-0.15, -0.1) is 11.3 Å². The van der Waals surface area contributed by atoms with Crippen LogP contribution in [0.4, 0.5) is 0 Å². The summed E-state index contributed by atoms with van der Waals surface area (Å²) in [6.45, 7) is 0. The van der Waals surface area contributed by atoms with E-state index in [1.165, 1.54) is 42.1 Å². The molecular formula is C56H35N5S. The summed E-state index contributed by atoms with van der Waals surface area (Å²) in [7, 11) is 0. The maximum atomic E-state index is 5.45. The van der Waals surface area contributed by atoms with E-state index < -0.39 is 0 Å². The first-order chi connectivity index (χ1) is 30.7. The molecule has 6 heteroatoms. The Balaban J connectivity index is 1.15. The van der Waals surface area contributed by atoms with E-state index in [1.807, 2.05) is 78.2 Å². The zero-order valence-electron chi connectivity index (χ0n) is 33.4. The Morgan fingerprint density at radius 2 is 0.903 bits per heavy atom. The van der Waals surface area contributed by atoms with E-state index in [1.54, 1.807) is 0 Å². The summed E-state index contributed by atoms with van der Waals surface area (Å²) in [6.07, 6.45) is 2.00. The summed E-state index contributed by atoms with van der Waals surface area (Å²) < 4.78 is 4.84. The largest absolute Gasteiger partial charge is 0.293 e. The SMILES string of the molecule is c1ccc(-c2nc(-c3ccccc3)nc(-c3cc(-c4ccc(-c5ccccc5)c(-c5ccccc5)c4)cnc3-n3c4ccccc4c4c5sc6ccccc6c5ccc43)n2)cc1. The second-order valence-corrected chi connectivity index (χ2v) is 16.5. The fourth-order valence-electron chi connectivity index (χ4n) is 8.80. The number of pyridine rings is 1. The van der Waals surface area contributed by atoms with Gasteiger partial charge >= 0.3 is 0 Å². The van der Waals surface area contributed by atoms with Gasteiger partial charge in [0.15, 0.2) is 17.5 Å². The van der Waals surface area contributed by atoms with Crippen LogP contribution in [0.15, 0.2) is 212 Å². The second-order valence-electron chi connectivity index (χ2n) is 15.4. The second kappa shape index (κ2) is 14.9. The van der Waals surface area contributed by atoms with Gasteiger partial charge in [-0.25, -0.2) is 19.9 Å². The lowest BCUT2D eigenvalue weighted by Crippen LogP contribution is -2.05. The number of benzene rings is 8. The minimum atomic E-state index is 0.542. The van der Waals surface area contributed by atoms with Crippen molar-refractivity contribution in [2.24, 2.45) is 0 Å². The van der Waals surface area contributed by atoms with Crippen molar-refractivity contribution in [2.75, 3.05) is 0 Å². The molecule has 62 heavy (non-hydrogen) atoms. The molecule has 4 heterocycles. The molecule has 12 rings (SSSR count). The number of nitrogens with zero attached hydrogens (tertiary/aromatic N) is 5. The van der Waals surface area contributed by atoms with E-state index in [9.17, 15) is 0 Å². The van der Waals surface area contributed by atoms with Crippen LogP contribution in [0, 0.1) is 0 Å². The van der Waals surface area contributed by atoms with Crippen molar-refractivity contribution < 1.29 is 0 Å². The molecule has 0 aliphatic carbocycles. The normalized spacial score (nSPS) is 11.5. The molecule has 0 bridgehead atoms. The highest BCUT2D eigenvalue weighted by molar-refractivity contribution is 7.26. The Morgan fingerprint density at radius 3 is 1.58 bits per heavy atom. The maximum Gasteiger partial charge on any atom is 0.167 e. The fraction of sp³-hybridized carbons (Fsp3) is 0. The van der Waals surface area contributed by atoms with Crippen LogP contribution in [0.5, 0.6) is 0 Å². The number of fused-ring (bicyclic) bond motifs is 7. The third-order valence-corrected chi connectivity index (χ3v) is 12.9. The predicted octanol–water partition coefficient (Wildman–Crippen LogP) is 14.7. The van der Waals surface area contributed by atoms with Gasteiger partial charge in [0.25, 0.3) is 0 Å².